The molecule has 0 saturated carbocycles. The van der Waals surface area contributed by atoms with E-state index in [4.69, 9.17) is 4.74 Å². The fourth-order valence-corrected chi connectivity index (χ4v) is 3.89. The molecule has 170 valence electrons. The average Bonchev–Trinajstić information content (AvgIpc) is 3.08. The van der Waals surface area contributed by atoms with Gasteiger partial charge in [-0.25, -0.2) is 0 Å². The van der Waals surface area contributed by atoms with Crippen molar-refractivity contribution in [1.29, 1.82) is 0 Å². The molecule has 2 aromatic rings. The molecule has 0 spiro atoms. The van der Waals surface area contributed by atoms with Gasteiger partial charge < -0.3 is 19.6 Å². The molecular weight excluding hydrogens is 406 g/mol. The summed E-state index contributed by atoms with van der Waals surface area (Å²) in [5.74, 6) is -0.893. The Labute approximate surface area is 189 Å². The highest BCUT2D eigenvalue weighted by Gasteiger charge is 2.46. The number of benzene rings is 1. The SMILES string of the molecule is CCCOc1cccc(/C(O)=C2/C(=O)C(=O)N(CCN(CC)CC)C2c2cccnc2)c1. The summed E-state index contributed by atoms with van der Waals surface area (Å²) >= 11 is 0. The molecule has 3 rings (SSSR count). The van der Waals surface area contributed by atoms with Crippen LogP contribution in [0.1, 0.15) is 44.4 Å². The predicted molar refractivity (Wildman–Crippen MR) is 123 cm³/mol. The first-order chi connectivity index (χ1) is 15.5. The zero-order chi connectivity index (χ0) is 23.1. The number of aliphatic hydroxyl groups is 1. The first-order valence-electron chi connectivity index (χ1n) is 11.2. The van der Waals surface area contributed by atoms with E-state index in [-0.39, 0.29) is 11.3 Å². The summed E-state index contributed by atoms with van der Waals surface area (Å²) in [6.45, 7) is 9.39. The van der Waals surface area contributed by atoms with Crippen molar-refractivity contribution in [2.75, 3.05) is 32.8 Å². The van der Waals surface area contributed by atoms with Gasteiger partial charge in [-0.3, -0.25) is 14.6 Å². The van der Waals surface area contributed by atoms with E-state index in [0.29, 0.717) is 36.6 Å². The molecule has 1 fully saturated rings. The zero-order valence-corrected chi connectivity index (χ0v) is 19.0. The second-order valence-corrected chi connectivity index (χ2v) is 7.68. The van der Waals surface area contributed by atoms with Gasteiger partial charge in [0, 0.05) is 31.0 Å². The molecule has 1 aliphatic rings. The molecule has 7 nitrogen and oxygen atoms in total. The number of pyridine rings is 1. The number of ketones is 1. The van der Waals surface area contributed by atoms with E-state index < -0.39 is 17.7 Å². The Morgan fingerprint density at radius 1 is 1.16 bits per heavy atom. The quantitative estimate of drug-likeness (QED) is 0.347. The van der Waals surface area contributed by atoms with Crippen LogP contribution in [0.3, 0.4) is 0 Å². The third kappa shape index (κ3) is 4.99. The molecule has 1 atom stereocenters. The van der Waals surface area contributed by atoms with Crippen molar-refractivity contribution in [3.63, 3.8) is 0 Å². The fraction of sp³-hybridized carbons (Fsp3) is 0.400. The Hall–Kier alpha value is -3.19. The number of rotatable bonds is 10. The van der Waals surface area contributed by atoms with Gasteiger partial charge in [-0.15, -0.1) is 0 Å². The molecule has 1 aromatic carbocycles. The number of carbonyl (C=O) groups is 2. The van der Waals surface area contributed by atoms with E-state index in [1.165, 1.54) is 0 Å². The number of Topliss-reactive ketones (excluding diaryl/α,β-unsaturated/α-hetero) is 1. The van der Waals surface area contributed by atoms with Gasteiger partial charge in [0.05, 0.1) is 18.2 Å². The lowest BCUT2D eigenvalue weighted by atomic mass is 9.96. The van der Waals surface area contributed by atoms with Gasteiger partial charge in [0.15, 0.2) is 0 Å². The van der Waals surface area contributed by atoms with Crippen LogP contribution in [0.4, 0.5) is 0 Å². The topological polar surface area (TPSA) is 83.0 Å². The Balaban J connectivity index is 2.04. The van der Waals surface area contributed by atoms with Crippen LogP contribution < -0.4 is 4.74 Å². The van der Waals surface area contributed by atoms with Crippen molar-refractivity contribution < 1.29 is 19.4 Å². The summed E-state index contributed by atoms with van der Waals surface area (Å²) in [5, 5.41) is 11.2. The summed E-state index contributed by atoms with van der Waals surface area (Å²) in [6, 6.07) is 9.84. The van der Waals surface area contributed by atoms with Gasteiger partial charge in [-0.1, -0.05) is 39.0 Å². The average molecular weight is 438 g/mol. The van der Waals surface area contributed by atoms with Crippen LogP contribution in [0.5, 0.6) is 5.75 Å². The minimum atomic E-state index is -0.695. The van der Waals surface area contributed by atoms with Gasteiger partial charge in [-0.05, 0) is 43.3 Å². The van der Waals surface area contributed by atoms with Gasteiger partial charge in [0.2, 0.25) is 0 Å². The number of carbonyl (C=O) groups excluding carboxylic acids is 2. The molecule has 1 amide bonds. The van der Waals surface area contributed by atoms with Crippen molar-refractivity contribution in [3.8, 4) is 5.75 Å². The largest absolute Gasteiger partial charge is 0.507 e. The Morgan fingerprint density at radius 3 is 2.59 bits per heavy atom. The van der Waals surface area contributed by atoms with E-state index in [1.807, 2.05) is 13.0 Å². The van der Waals surface area contributed by atoms with Gasteiger partial charge >= 0.3 is 0 Å². The molecule has 2 heterocycles. The van der Waals surface area contributed by atoms with E-state index in [9.17, 15) is 14.7 Å². The number of aromatic nitrogens is 1. The van der Waals surface area contributed by atoms with Crippen LogP contribution >= 0.6 is 0 Å². The Bertz CT molecular complexity index is 970. The molecule has 1 aromatic heterocycles. The van der Waals surface area contributed by atoms with E-state index in [0.717, 1.165) is 19.5 Å². The highest BCUT2D eigenvalue weighted by Crippen LogP contribution is 2.39. The summed E-state index contributed by atoms with van der Waals surface area (Å²) in [6.07, 6.45) is 4.13. The minimum absolute atomic E-state index is 0.0789. The van der Waals surface area contributed by atoms with Crippen LogP contribution in [-0.4, -0.2) is 64.4 Å². The van der Waals surface area contributed by atoms with Crippen LogP contribution in [0.15, 0.2) is 54.4 Å². The highest BCUT2D eigenvalue weighted by atomic mass is 16.5. The number of amides is 1. The number of hydrogen-bond donors (Lipinski definition) is 1. The second-order valence-electron chi connectivity index (χ2n) is 7.68. The minimum Gasteiger partial charge on any atom is -0.507 e. The molecule has 0 bridgehead atoms. The fourth-order valence-electron chi connectivity index (χ4n) is 3.89. The Morgan fingerprint density at radius 2 is 1.94 bits per heavy atom. The Kier molecular flexibility index (Phi) is 8.00. The molecular formula is C25H31N3O4. The maximum absolute atomic E-state index is 13.1. The summed E-state index contributed by atoms with van der Waals surface area (Å²) in [5.41, 5.74) is 1.20. The van der Waals surface area contributed by atoms with Crippen molar-refractivity contribution in [3.05, 3.63) is 65.5 Å². The molecule has 7 heteroatoms. The lowest BCUT2D eigenvalue weighted by molar-refractivity contribution is -0.140. The van der Waals surface area contributed by atoms with Crippen LogP contribution in [0.2, 0.25) is 0 Å². The zero-order valence-electron chi connectivity index (χ0n) is 19.0. The van der Waals surface area contributed by atoms with Crippen molar-refractivity contribution in [2.45, 2.75) is 33.2 Å². The van der Waals surface area contributed by atoms with Gasteiger partial charge in [0.1, 0.15) is 11.5 Å². The molecule has 32 heavy (non-hydrogen) atoms. The first kappa shape index (κ1) is 23.5. The molecule has 1 saturated heterocycles. The molecule has 1 unspecified atom stereocenters. The maximum Gasteiger partial charge on any atom is 0.295 e. The van der Waals surface area contributed by atoms with Crippen LogP contribution in [0, 0.1) is 0 Å². The molecule has 0 radical (unpaired) electrons. The lowest BCUT2D eigenvalue weighted by Crippen LogP contribution is -2.38. The summed E-state index contributed by atoms with van der Waals surface area (Å²) in [7, 11) is 0. The van der Waals surface area contributed by atoms with Crippen molar-refractivity contribution in [1.82, 2.24) is 14.8 Å². The van der Waals surface area contributed by atoms with E-state index in [2.05, 4.69) is 23.7 Å². The number of nitrogens with zero attached hydrogens (tertiary/aromatic N) is 3. The number of likely N-dealkylation sites (N-methyl/N-ethyl adjacent to an activating group) is 1. The predicted octanol–water partition coefficient (Wildman–Crippen LogP) is 3.63. The van der Waals surface area contributed by atoms with Gasteiger partial charge in [0.25, 0.3) is 11.7 Å². The first-order valence-corrected chi connectivity index (χ1v) is 11.2. The van der Waals surface area contributed by atoms with Crippen LogP contribution in [-0.2, 0) is 9.59 Å². The van der Waals surface area contributed by atoms with Crippen molar-refractivity contribution in [2.24, 2.45) is 0 Å². The third-order valence-corrected chi connectivity index (χ3v) is 5.67. The molecule has 0 aliphatic carbocycles. The normalized spacial score (nSPS) is 17.9. The second kappa shape index (κ2) is 10.9. The van der Waals surface area contributed by atoms with Crippen molar-refractivity contribution >= 4 is 17.4 Å². The standard InChI is InChI=1S/C25H31N3O4/c1-4-15-32-20-11-7-9-18(16-20)23(29)21-22(19-10-8-12-26-17-19)28(25(31)24(21)30)14-13-27(5-2)6-3/h7-12,16-17,22,29H,4-6,13-15H2,1-3H3/b23-21-. The molecule has 1 aliphatic heterocycles. The number of ether oxygens (including phenoxy) is 1. The maximum atomic E-state index is 13.1. The summed E-state index contributed by atoms with van der Waals surface area (Å²) in [4.78, 5) is 34.0. The third-order valence-electron chi connectivity index (χ3n) is 5.67. The number of likely N-dealkylation sites (tertiary alicyclic amines) is 1. The van der Waals surface area contributed by atoms with Crippen LogP contribution in [0.25, 0.3) is 5.76 Å². The van der Waals surface area contributed by atoms with E-state index >= 15 is 0 Å². The van der Waals surface area contributed by atoms with E-state index in [1.54, 1.807) is 47.6 Å². The summed E-state index contributed by atoms with van der Waals surface area (Å²) < 4.78 is 5.67. The molecule has 1 N–H and O–H groups in total. The monoisotopic (exact) mass is 437 g/mol. The highest BCUT2D eigenvalue weighted by molar-refractivity contribution is 6.46. The smallest absolute Gasteiger partial charge is 0.295 e. The lowest BCUT2D eigenvalue weighted by Gasteiger charge is -2.28. The number of hydrogen-bond acceptors (Lipinski definition) is 6. The number of aliphatic hydroxyl groups excluding tert-OH is 1. The van der Waals surface area contributed by atoms with Gasteiger partial charge in [-0.2, -0.15) is 0 Å².